The number of hydrogen-bond donors (Lipinski definition) is 2. The monoisotopic (exact) mass is 384 g/mol. The number of aromatic nitrogens is 2. The van der Waals surface area contributed by atoms with E-state index in [1.54, 1.807) is 12.5 Å². The van der Waals surface area contributed by atoms with Crippen molar-refractivity contribution in [3.8, 4) is 0 Å². The highest BCUT2D eigenvalue weighted by molar-refractivity contribution is 5.85. The molecule has 0 radical (unpaired) electrons. The second-order valence-corrected chi connectivity index (χ2v) is 6.39. The van der Waals surface area contributed by atoms with Crippen LogP contribution in [0.1, 0.15) is 36.8 Å². The standard InChI is InChI=1S/C18H24N4O.2ClH/c19-17-6-2-5-16(17)10-18(23)21-11-14-3-1-4-15(9-14)12-22-8-7-20-13-22;;/h1,3-4,7-9,13,16-17H,2,5-6,10-12,19H2,(H,21,23);2*1H/t16-,17+;;/m0../s1. The Kier molecular flexibility index (Phi) is 8.97. The van der Waals surface area contributed by atoms with Gasteiger partial charge in [0.15, 0.2) is 0 Å². The Balaban J connectivity index is 0.00000156. The van der Waals surface area contributed by atoms with Gasteiger partial charge in [-0.1, -0.05) is 30.7 Å². The van der Waals surface area contributed by atoms with Crippen LogP contribution in [0.15, 0.2) is 43.0 Å². The van der Waals surface area contributed by atoms with E-state index in [0.717, 1.165) is 31.4 Å². The molecule has 3 rings (SSSR count). The molecular formula is C18H26Cl2N4O. The lowest BCUT2D eigenvalue weighted by Crippen LogP contribution is -2.31. The van der Waals surface area contributed by atoms with Gasteiger partial charge in [0.2, 0.25) is 5.91 Å². The Hall–Kier alpha value is -1.56. The van der Waals surface area contributed by atoms with Gasteiger partial charge in [0.05, 0.1) is 6.33 Å². The molecule has 0 bridgehead atoms. The molecular weight excluding hydrogens is 359 g/mol. The Labute approximate surface area is 161 Å². The van der Waals surface area contributed by atoms with E-state index in [0.29, 0.717) is 18.9 Å². The topological polar surface area (TPSA) is 72.9 Å². The van der Waals surface area contributed by atoms with Crippen molar-refractivity contribution in [1.29, 1.82) is 0 Å². The van der Waals surface area contributed by atoms with Crippen LogP contribution in [0.3, 0.4) is 0 Å². The molecule has 1 aromatic heterocycles. The highest BCUT2D eigenvalue weighted by atomic mass is 35.5. The Morgan fingerprint density at radius 3 is 2.76 bits per heavy atom. The molecule has 1 fully saturated rings. The highest BCUT2D eigenvalue weighted by Gasteiger charge is 2.25. The van der Waals surface area contributed by atoms with Gasteiger partial charge in [0.25, 0.3) is 0 Å². The van der Waals surface area contributed by atoms with Gasteiger partial charge in [-0.3, -0.25) is 4.79 Å². The van der Waals surface area contributed by atoms with Crippen LogP contribution in [0.4, 0.5) is 0 Å². The molecule has 138 valence electrons. The predicted octanol–water partition coefficient (Wildman–Crippen LogP) is 2.91. The number of carbonyl (C=O) groups is 1. The van der Waals surface area contributed by atoms with E-state index in [9.17, 15) is 4.79 Å². The van der Waals surface area contributed by atoms with E-state index in [-0.39, 0.29) is 36.8 Å². The van der Waals surface area contributed by atoms with Gasteiger partial charge in [-0.05, 0) is 29.9 Å². The molecule has 0 spiro atoms. The van der Waals surface area contributed by atoms with Crippen molar-refractivity contribution in [2.24, 2.45) is 11.7 Å². The second-order valence-electron chi connectivity index (χ2n) is 6.39. The first kappa shape index (κ1) is 21.5. The van der Waals surface area contributed by atoms with Crippen LogP contribution in [-0.4, -0.2) is 21.5 Å². The van der Waals surface area contributed by atoms with Crippen molar-refractivity contribution in [3.05, 3.63) is 54.1 Å². The van der Waals surface area contributed by atoms with Crippen molar-refractivity contribution in [2.45, 2.75) is 44.8 Å². The number of carbonyl (C=O) groups excluding carboxylic acids is 1. The van der Waals surface area contributed by atoms with Crippen molar-refractivity contribution >= 4 is 30.7 Å². The molecule has 1 aliphatic carbocycles. The molecule has 1 saturated carbocycles. The fourth-order valence-electron chi connectivity index (χ4n) is 3.26. The van der Waals surface area contributed by atoms with Crippen LogP contribution in [0.2, 0.25) is 0 Å². The lowest BCUT2D eigenvalue weighted by atomic mass is 10.00. The van der Waals surface area contributed by atoms with Crippen LogP contribution < -0.4 is 11.1 Å². The van der Waals surface area contributed by atoms with Crippen LogP contribution in [0, 0.1) is 5.92 Å². The third-order valence-corrected chi connectivity index (χ3v) is 4.57. The third kappa shape index (κ3) is 6.34. The summed E-state index contributed by atoms with van der Waals surface area (Å²) in [6.07, 6.45) is 9.35. The molecule has 1 aliphatic rings. The van der Waals surface area contributed by atoms with Crippen molar-refractivity contribution < 1.29 is 4.79 Å². The number of nitrogens with one attached hydrogen (secondary N) is 1. The van der Waals surface area contributed by atoms with Gasteiger partial charge in [-0.2, -0.15) is 0 Å². The van der Waals surface area contributed by atoms with Crippen LogP contribution >= 0.6 is 24.8 Å². The maximum atomic E-state index is 12.1. The van der Waals surface area contributed by atoms with Gasteiger partial charge < -0.3 is 15.6 Å². The molecule has 0 saturated heterocycles. The summed E-state index contributed by atoms with van der Waals surface area (Å²) < 4.78 is 2.03. The highest BCUT2D eigenvalue weighted by Crippen LogP contribution is 2.26. The molecule has 1 aromatic carbocycles. The average molecular weight is 385 g/mol. The summed E-state index contributed by atoms with van der Waals surface area (Å²) in [4.78, 5) is 16.1. The first-order chi connectivity index (χ1) is 11.2. The maximum Gasteiger partial charge on any atom is 0.220 e. The van der Waals surface area contributed by atoms with Gasteiger partial charge >= 0.3 is 0 Å². The van der Waals surface area contributed by atoms with Crippen molar-refractivity contribution in [3.63, 3.8) is 0 Å². The molecule has 1 heterocycles. The van der Waals surface area contributed by atoms with E-state index in [1.165, 1.54) is 5.56 Å². The van der Waals surface area contributed by atoms with E-state index < -0.39 is 0 Å². The van der Waals surface area contributed by atoms with Gasteiger partial charge in [0, 0.05) is 37.9 Å². The number of amides is 1. The van der Waals surface area contributed by atoms with Gasteiger partial charge in [-0.25, -0.2) is 4.98 Å². The van der Waals surface area contributed by atoms with E-state index in [4.69, 9.17) is 5.73 Å². The lowest BCUT2D eigenvalue weighted by molar-refractivity contribution is -0.122. The maximum absolute atomic E-state index is 12.1. The summed E-state index contributed by atoms with van der Waals surface area (Å²) in [7, 11) is 0. The Bertz CT molecular complexity index is 648. The molecule has 0 unspecified atom stereocenters. The van der Waals surface area contributed by atoms with Crippen molar-refractivity contribution in [2.75, 3.05) is 0 Å². The molecule has 1 amide bonds. The third-order valence-electron chi connectivity index (χ3n) is 4.57. The number of benzene rings is 1. The fraction of sp³-hybridized carbons (Fsp3) is 0.444. The number of nitrogens with two attached hydrogens (primary N) is 1. The van der Waals surface area contributed by atoms with Gasteiger partial charge in [-0.15, -0.1) is 24.8 Å². The smallest absolute Gasteiger partial charge is 0.220 e. The zero-order chi connectivity index (χ0) is 16.1. The summed E-state index contributed by atoms with van der Waals surface area (Å²) in [5, 5.41) is 3.02. The zero-order valence-electron chi connectivity index (χ0n) is 14.1. The Morgan fingerprint density at radius 1 is 1.28 bits per heavy atom. The average Bonchev–Trinajstić information content (AvgIpc) is 3.18. The predicted molar refractivity (Wildman–Crippen MR) is 104 cm³/mol. The quantitative estimate of drug-likeness (QED) is 0.803. The second kappa shape index (κ2) is 10.4. The van der Waals surface area contributed by atoms with Crippen LogP contribution in [-0.2, 0) is 17.9 Å². The zero-order valence-corrected chi connectivity index (χ0v) is 15.8. The van der Waals surface area contributed by atoms with E-state index in [2.05, 4.69) is 22.4 Å². The minimum Gasteiger partial charge on any atom is -0.352 e. The number of rotatable bonds is 6. The Morgan fingerprint density at radius 2 is 2.08 bits per heavy atom. The first-order valence-corrected chi connectivity index (χ1v) is 8.26. The van der Waals surface area contributed by atoms with E-state index in [1.807, 2.05) is 22.9 Å². The molecule has 2 atom stereocenters. The van der Waals surface area contributed by atoms with Crippen LogP contribution in [0.5, 0.6) is 0 Å². The minimum atomic E-state index is 0. The molecule has 25 heavy (non-hydrogen) atoms. The number of nitrogens with zero attached hydrogens (tertiary/aromatic N) is 2. The number of halogens is 2. The summed E-state index contributed by atoms with van der Waals surface area (Å²) in [5.74, 6) is 0.454. The largest absolute Gasteiger partial charge is 0.352 e. The summed E-state index contributed by atoms with van der Waals surface area (Å²) in [6.45, 7) is 1.36. The summed E-state index contributed by atoms with van der Waals surface area (Å²) in [5.41, 5.74) is 8.35. The first-order valence-electron chi connectivity index (χ1n) is 8.26. The number of hydrogen-bond acceptors (Lipinski definition) is 3. The molecule has 5 nitrogen and oxygen atoms in total. The molecule has 7 heteroatoms. The lowest BCUT2D eigenvalue weighted by Gasteiger charge is -2.15. The number of imidazole rings is 1. The van der Waals surface area contributed by atoms with Crippen molar-refractivity contribution in [1.82, 2.24) is 14.9 Å². The summed E-state index contributed by atoms with van der Waals surface area (Å²) >= 11 is 0. The minimum absolute atomic E-state index is 0. The molecule has 3 N–H and O–H groups in total. The molecule has 2 aromatic rings. The molecule has 0 aliphatic heterocycles. The fourth-order valence-corrected chi connectivity index (χ4v) is 3.26. The van der Waals surface area contributed by atoms with Crippen LogP contribution in [0.25, 0.3) is 0 Å². The van der Waals surface area contributed by atoms with Gasteiger partial charge in [0.1, 0.15) is 0 Å². The summed E-state index contributed by atoms with van der Waals surface area (Å²) in [6, 6.07) is 8.48. The van der Waals surface area contributed by atoms with E-state index >= 15 is 0 Å². The SMILES string of the molecule is Cl.Cl.N[C@@H]1CCC[C@H]1CC(=O)NCc1cccc(Cn2ccnc2)c1. The normalized spacial score (nSPS) is 18.9.